The van der Waals surface area contributed by atoms with Crippen LogP contribution in [-0.4, -0.2) is 23.6 Å². The number of rotatable bonds is 6. The lowest BCUT2D eigenvalue weighted by molar-refractivity contribution is 0.556. The molecular weight excluding hydrogens is 154 g/mol. The number of thioether (sulfide) groups is 1. The Balaban J connectivity index is 3.10. The highest BCUT2D eigenvalue weighted by Gasteiger charge is 1.99. The van der Waals surface area contributed by atoms with Crippen molar-refractivity contribution in [2.75, 3.05) is 12.3 Å². The molecule has 0 aromatic carbocycles. The van der Waals surface area contributed by atoms with Crippen LogP contribution in [0.4, 0.5) is 0 Å². The van der Waals surface area contributed by atoms with Gasteiger partial charge in [-0.25, -0.2) is 0 Å². The summed E-state index contributed by atoms with van der Waals surface area (Å²) in [5.74, 6) is 1.28. The molecule has 1 N–H and O–H groups in total. The van der Waals surface area contributed by atoms with Crippen LogP contribution in [0.15, 0.2) is 0 Å². The van der Waals surface area contributed by atoms with Gasteiger partial charge in [0.15, 0.2) is 0 Å². The smallest absolute Gasteiger partial charge is 0.00464 e. The van der Waals surface area contributed by atoms with E-state index in [-0.39, 0.29) is 0 Å². The molecule has 0 aromatic rings. The van der Waals surface area contributed by atoms with Crippen molar-refractivity contribution in [1.29, 1.82) is 0 Å². The summed E-state index contributed by atoms with van der Waals surface area (Å²) in [5.41, 5.74) is 0. The monoisotopic (exact) mass is 175 g/mol. The summed E-state index contributed by atoms with van der Waals surface area (Å²) in [5, 5.41) is 4.19. The molecule has 0 aliphatic heterocycles. The van der Waals surface area contributed by atoms with E-state index in [2.05, 4.69) is 33.0 Å². The summed E-state index contributed by atoms with van der Waals surface area (Å²) < 4.78 is 0. The van der Waals surface area contributed by atoms with Crippen molar-refractivity contribution in [1.82, 2.24) is 5.32 Å². The quantitative estimate of drug-likeness (QED) is 0.666. The van der Waals surface area contributed by atoms with Crippen molar-refractivity contribution in [2.45, 2.75) is 45.4 Å². The summed E-state index contributed by atoms with van der Waals surface area (Å²) in [4.78, 5) is 0. The van der Waals surface area contributed by atoms with Crippen LogP contribution in [0.5, 0.6) is 0 Å². The largest absolute Gasteiger partial charge is 0.315 e. The van der Waals surface area contributed by atoms with E-state index in [0.29, 0.717) is 6.04 Å². The Bertz CT molecular complexity index is 83.6. The van der Waals surface area contributed by atoms with Gasteiger partial charge in [-0.2, -0.15) is 11.8 Å². The second-order valence-corrected chi connectivity index (χ2v) is 4.85. The van der Waals surface area contributed by atoms with Crippen molar-refractivity contribution in [2.24, 2.45) is 0 Å². The van der Waals surface area contributed by atoms with Gasteiger partial charge in [0.1, 0.15) is 0 Å². The maximum Gasteiger partial charge on any atom is 0.00464 e. The van der Waals surface area contributed by atoms with Crippen LogP contribution in [0.25, 0.3) is 0 Å². The first kappa shape index (κ1) is 11.3. The zero-order valence-corrected chi connectivity index (χ0v) is 9.00. The highest BCUT2D eigenvalue weighted by atomic mass is 32.2. The van der Waals surface area contributed by atoms with Gasteiger partial charge in [-0.1, -0.05) is 20.8 Å². The van der Waals surface area contributed by atoms with E-state index in [9.17, 15) is 0 Å². The van der Waals surface area contributed by atoms with Crippen molar-refractivity contribution in [3.8, 4) is 0 Å². The Morgan fingerprint density at radius 2 is 1.91 bits per heavy atom. The molecule has 0 aliphatic rings. The molecular formula is C9H21NS. The first-order chi connectivity index (χ1) is 5.16. The molecule has 1 nitrogen and oxygen atoms in total. The molecule has 1 unspecified atom stereocenters. The van der Waals surface area contributed by atoms with Crippen LogP contribution >= 0.6 is 11.8 Å². The van der Waals surface area contributed by atoms with Crippen LogP contribution < -0.4 is 5.32 Å². The fourth-order valence-electron chi connectivity index (χ4n) is 0.931. The fraction of sp³-hybridized carbons (Fsp3) is 1.00. The molecule has 0 saturated heterocycles. The van der Waals surface area contributed by atoms with Crippen LogP contribution in [-0.2, 0) is 0 Å². The average molecular weight is 175 g/mol. The van der Waals surface area contributed by atoms with E-state index in [1.165, 1.54) is 12.2 Å². The van der Waals surface area contributed by atoms with E-state index >= 15 is 0 Å². The number of hydrogen-bond donors (Lipinski definition) is 1. The molecule has 0 aromatic heterocycles. The van der Waals surface area contributed by atoms with Crippen LogP contribution in [0, 0.1) is 0 Å². The van der Waals surface area contributed by atoms with Gasteiger partial charge in [-0.15, -0.1) is 0 Å². The standard InChI is InChI=1S/C9H21NS/c1-5-10-9(4)6-7-11-8(2)3/h8-10H,5-7H2,1-4H3. The summed E-state index contributed by atoms with van der Waals surface area (Å²) in [6.07, 6.45) is 1.29. The minimum Gasteiger partial charge on any atom is -0.315 e. The summed E-state index contributed by atoms with van der Waals surface area (Å²) in [6, 6.07) is 0.686. The average Bonchev–Trinajstić information content (AvgIpc) is 1.87. The molecule has 0 bridgehead atoms. The molecule has 0 amide bonds. The van der Waals surface area contributed by atoms with E-state index in [0.717, 1.165) is 11.8 Å². The summed E-state index contributed by atoms with van der Waals surface area (Å²) in [7, 11) is 0. The Morgan fingerprint density at radius 3 is 2.36 bits per heavy atom. The molecule has 0 fully saturated rings. The molecule has 11 heavy (non-hydrogen) atoms. The third kappa shape index (κ3) is 8.21. The van der Waals surface area contributed by atoms with Gasteiger partial charge in [0.2, 0.25) is 0 Å². The summed E-state index contributed by atoms with van der Waals surface area (Å²) >= 11 is 2.05. The Kier molecular flexibility index (Phi) is 7.18. The highest BCUT2D eigenvalue weighted by Crippen LogP contribution is 2.11. The van der Waals surface area contributed by atoms with Crippen molar-refractivity contribution >= 4 is 11.8 Å². The lowest BCUT2D eigenvalue weighted by atomic mass is 10.3. The second-order valence-electron chi connectivity index (χ2n) is 3.17. The molecule has 0 spiro atoms. The van der Waals surface area contributed by atoms with Crippen molar-refractivity contribution < 1.29 is 0 Å². The minimum absolute atomic E-state index is 0.686. The van der Waals surface area contributed by atoms with Crippen LogP contribution in [0.2, 0.25) is 0 Å². The van der Waals surface area contributed by atoms with Gasteiger partial charge in [0.25, 0.3) is 0 Å². The van der Waals surface area contributed by atoms with E-state index in [1.807, 2.05) is 11.8 Å². The Hall–Kier alpha value is 0.310. The Morgan fingerprint density at radius 1 is 1.27 bits per heavy atom. The predicted molar refractivity (Wildman–Crippen MR) is 55.3 cm³/mol. The van der Waals surface area contributed by atoms with Crippen molar-refractivity contribution in [3.63, 3.8) is 0 Å². The lowest BCUT2D eigenvalue weighted by Gasteiger charge is -2.12. The molecule has 0 saturated carbocycles. The maximum absolute atomic E-state index is 3.41. The van der Waals surface area contributed by atoms with Crippen molar-refractivity contribution in [3.05, 3.63) is 0 Å². The van der Waals surface area contributed by atoms with Gasteiger partial charge in [-0.05, 0) is 30.9 Å². The van der Waals surface area contributed by atoms with Gasteiger partial charge in [0, 0.05) is 6.04 Å². The second kappa shape index (κ2) is 6.99. The SMILES string of the molecule is CCNC(C)CCSC(C)C. The summed E-state index contributed by atoms with van der Waals surface area (Å²) in [6.45, 7) is 10.0. The van der Waals surface area contributed by atoms with Gasteiger partial charge in [0.05, 0.1) is 0 Å². The fourth-order valence-corrected chi connectivity index (χ4v) is 1.89. The van der Waals surface area contributed by atoms with E-state index < -0.39 is 0 Å². The molecule has 1 atom stereocenters. The zero-order chi connectivity index (χ0) is 8.69. The number of hydrogen-bond acceptors (Lipinski definition) is 2. The number of nitrogens with one attached hydrogen (secondary N) is 1. The van der Waals surface area contributed by atoms with E-state index in [1.54, 1.807) is 0 Å². The highest BCUT2D eigenvalue weighted by molar-refractivity contribution is 7.99. The minimum atomic E-state index is 0.686. The molecule has 0 aliphatic carbocycles. The normalized spacial score (nSPS) is 13.9. The van der Waals surface area contributed by atoms with Gasteiger partial charge in [-0.3, -0.25) is 0 Å². The first-order valence-electron chi connectivity index (χ1n) is 4.51. The lowest BCUT2D eigenvalue weighted by Crippen LogP contribution is -2.26. The predicted octanol–water partition coefficient (Wildman–Crippen LogP) is 2.52. The molecule has 68 valence electrons. The first-order valence-corrected chi connectivity index (χ1v) is 5.56. The van der Waals surface area contributed by atoms with Crippen LogP contribution in [0.1, 0.15) is 34.1 Å². The van der Waals surface area contributed by atoms with Gasteiger partial charge < -0.3 is 5.32 Å². The van der Waals surface area contributed by atoms with Gasteiger partial charge >= 0.3 is 0 Å². The van der Waals surface area contributed by atoms with E-state index in [4.69, 9.17) is 0 Å². The molecule has 2 heteroatoms. The molecule has 0 radical (unpaired) electrons. The van der Waals surface area contributed by atoms with Crippen LogP contribution in [0.3, 0.4) is 0 Å². The third-order valence-corrected chi connectivity index (χ3v) is 2.69. The molecule has 0 heterocycles. The Labute approximate surface area is 75.3 Å². The topological polar surface area (TPSA) is 12.0 Å². The third-order valence-electron chi connectivity index (χ3n) is 1.55. The maximum atomic E-state index is 3.41. The zero-order valence-electron chi connectivity index (χ0n) is 8.18. The molecule has 0 rings (SSSR count).